The molecule has 1 fully saturated rings. The van der Waals surface area contributed by atoms with E-state index < -0.39 is 11.7 Å². The molecule has 1 saturated heterocycles. The molecule has 0 aromatic heterocycles. The number of hydrogen-bond acceptors (Lipinski definition) is 3. The molecular weight excluding hydrogens is 433 g/mol. The number of halogens is 5. The Balaban J connectivity index is 2.04. The van der Waals surface area contributed by atoms with Crippen molar-refractivity contribution in [2.45, 2.75) is 19.0 Å². The molecule has 1 heterocycles. The van der Waals surface area contributed by atoms with Gasteiger partial charge in [0.25, 0.3) is 0 Å². The standard InChI is InChI=1S/C18H15BrClF3N2O/c19-14-9-13(20)7-11(17(14)26)10-24-15-8-12(18(21,22)23)3-4-16(15)25-5-1-2-6-25/h3-4,7-10,26H,1-2,5-6H2. The van der Waals surface area contributed by atoms with Crippen molar-refractivity contribution < 1.29 is 18.3 Å². The van der Waals surface area contributed by atoms with Gasteiger partial charge in [-0.2, -0.15) is 13.2 Å². The summed E-state index contributed by atoms with van der Waals surface area (Å²) in [5.41, 5.74) is 0.405. The normalized spacial score (nSPS) is 15.2. The summed E-state index contributed by atoms with van der Waals surface area (Å²) in [5.74, 6) is -0.0761. The van der Waals surface area contributed by atoms with Crippen LogP contribution in [0.1, 0.15) is 24.0 Å². The number of phenolic OH excluding ortho intramolecular Hbond substituents is 1. The highest BCUT2D eigenvalue weighted by Gasteiger charge is 2.31. The van der Waals surface area contributed by atoms with Crippen LogP contribution >= 0.6 is 27.5 Å². The number of aromatic hydroxyl groups is 1. The van der Waals surface area contributed by atoms with Gasteiger partial charge in [-0.05, 0) is 59.1 Å². The molecule has 2 aromatic rings. The Kier molecular flexibility index (Phi) is 5.48. The molecule has 0 aliphatic carbocycles. The molecule has 3 rings (SSSR count). The zero-order valence-corrected chi connectivity index (χ0v) is 15.9. The Hall–Kier alpha value is -1.73. The second kappa shape index (κ2) is 7.48. The zero-order valence-electron chi connectivity index (χ0n) is 13.5. The van der Waals surface area contributed by atoms with E-state index in [1.54, 1.807) is 0 Å². The van der Waals surface area contributed by atoms with Crippen LogP contribution < -0.4 is 4.90 Å². The second-order valence-electron chi connectivity index (χ2n) is 5.98. The van der Waals surface area contributed by atoms with E-state index in [-0.39, 0.29) is 11.4 Å². The zero-order chi connectivity index (χ0) is 18.9. The van der Waals surface area contributed by atoms with E-state index in [1.807, 2.05) is 4.90 Å². The van der Waals surface area contributed by atoms with Crippen LogP contribution in [-0.2, 0) is 6.18 Å². The van der Waals surface area contributed by atoms with E-state index in [2.05, 4.69) is 20.9 Å². The molecule has 0 bridgehead atoms. The maximum atomic E-state index is 13.1. The van der Waals surface area contributed by atoms with Crippen LogP contribution in [-0.4, -0.2) is 24.4 Å². The summed E-state index contributed by atoms with van der Waals surface area (Å²) in [6.45, 7) is 1.56. The van der Waals surface area contributed by atoms with Crippen molar-refractivity contribution in [2.24, 2.45) is 4.99 Å². The Morgan fingerprint density at radius 2 is 1.85 bits per heavy atom. The highest BCUT2D eigenvalue weighted by Crippen LogP contribution is 2.38. The smallest absolute Gasteiger partial charge is 0.416 e. The molecule has 0 unspecified atom stereocenters. The molecule has 0 atom stereocenters. The van der Waals surface area contributed by atoms with Crippen LogP contribution in [0.15, 0.2) is 39.8 Å². The van der Waals surface area contributed by atoms with Crippen LogP contribution in [0.5, 0.6) is 5.75 Å². The quantitative estimate of drug-likeness (QED) is 0.571. The topological polar surface area (TPSA) is 35.8 Å². The molecule has 0 spiro atoms. The minimum atomic E-state index is -4.45. The fourth-order valence-electron chi connectivity index (χ4n) is 2.85. The van der Waals surface area contributed by atoms with Gasteiger partial charge in [0.2, 0.25) is 0 Å². The van der Waals surface area contributed by atoms with E-state index in [0.29, 0.717) is 20.7 Å². The summed E-state index contributed by atoms with van der Waals surface area (Å²) in [4.78, 5) is 6.25. The van der Waals surface area contributed by atoms with Gasteiger partial charge in [0, 0.05) is 29.9 Å². The Bertz CT molecular complexity index is 849. The molecular formula is C18H15BrClF3N2O. The number of phenols is 1. The lowest BCUT2D eigenvalue weighted by Gasteiger charge is -2.20. The number of alkyl halides is 3. The predicted molar refractivity (Wildman–Crippen MR) is 101 cm³/mol. The summed E-state index contributed by atoms with van der Waals surface area (Å²) in [7, 11) is 0. The SMILES string of the molecule is Oc1c(Br)cc(Cl)cc1C=Nc1cc(C(F)(F)F)ccc1N1CCCC1. The third-order valence-electron chi connectivity index (χ3n) is 4.15. The number of hydrogen-bond donors (Lipinski definition) is 1. The highest BCUT2D eigenvalue weighted by atomic mass is 79.9. The Morgan fingerprint density at radius 1 is 1.15 bits per heavy atom. The van der Waals surface area contributed by atoms with Crippen LogP contribution in [0.2, 0.25) is 5.02 Å². The van der Waals surface area contributed by atoms with E-state index in [9.17, 15) is 18.3 Å². The van der Waals surface area contributed by atoms with Crippen molar-refractivity contribution in [1.82, 2.24) is 0 Å². The van der Waals surface area contributed by atoms with Gasteiger partial charge >= 0.3 is 6.18 Å². The van der Waals surface area contributed by atoms with E-state index in [4.69, 9.17) is 11.6 Å². The lowest BCUT2D eigenvalue weighted by molar-refractivity contribution is -0.137. The molecule has 138 valence electrons. The molecule has 2 aromatic carbocycles. The van der Waals surface area contributed by atoms with Gasteiger partial charge in [-0.1, -0.05) is 11.6 Å². The summed E-state index contributed by atoms with van der Waals surface area (Å²) in [6.07, 6.45) is -1.14. The van der Waals surface area contributed by atoms with E-state index in [0.717, 1.165) is 38.1 Å². The molecule has 0 saturated carbocycles. The fraction of sp³-hybridized carbons (Fsp3) is 0.278. The first-order chi connectivity index (χ1) is 12.3. The number of rotatable bonds is 3. The van der Waals surface area contributed by atoms with E-state index >= 15 is 0 Å². The molecule has 1 N–H and O–H groups in total. The van der Waals surface area contributed by atoms with Gasteiger partial charge in [-0.15, -0.1) is 0 Å². The van der Waals surface area contributed by atoms with Crippen LogP contribution in [0.4, 0.5) is 24.5 Å². The predicted octanol–water partition coefficient (Wildman–Crippen LogP) is 6.18. The number of anilines is 1. The van der Waals surface area contributed by atoms with Crippen molar-refractivity contribution in [2.75, 3.05) is 18.0 Å². The molecule has 1 aliphatic rings. The number of nitrogens with zero attached hydrogens (tertiary/aromatic N) is 2. The van der Waals surface area contributed by atoms with Gasteiger partial charge in [0.1, 0.15) is 5.75 Å². The summed E-state index contributed by atoms with van der Waals surface area (Å²) in [5, 5.41) is 10.5. The van der Waals surface area contributed by atoms with E-state index in [1.165, 1.54) is 24.4 Å². The average molecular weight is 448 g/mol. The Morgan fingerprint density at radius 3 is 2.50 bits per heavy atom. The minimum absolute atomic E-state index is 0.0761. The van der Waals surface area contributed by atoms with Crippen molar-refractivity contribution in [3.8, 4) is 5.75 Å². The molecule has 26 heavy (non-hydrogen) atoms. The largest absolute Gasteiger partial charge is 0.506 e. The van der Waals surface area contributed by atoms with Gasteiger partial charge in [-0.25, -0.2) is 0 Å². The molecule has 3 nitrogen and oxygen atoms in total. The van der Waals surface area contributed by atoms with Gasteiger partial charge < -0.3 is 10.0 Å². The first-order valence-corrected chi connectivity index (χ1v) is 9.11. The van der Waals surface area contributed by atoms with Gasteiger partial charge in [-0.3, -0.25) is 4.99 Å². The monoisotopic (exact) mass is 446 g/mol. The average Bonchev–Trinajstić information content (AvgIpc) is 3.10. The third-order valence-corrected chi connectivity index (χ3v) is 4.97. The number of benzene rings is 2. The van der Waals surface area contributed by atoms with Crippen LogP contribution in [0, 0.1) is 0 Å². The molecule has 0 amide bonds. The third kappa shape index (κ3) is 4.15. The van der Waals surface area contributed by atoms with Crippen molar-refractivity contribution in [1.29, 1.82) is 0 Å². The first-order valence-electron chi connectivity index (χ1n) is 7.94. The molecule has 1 aliphatic heterocycles. The molecule has 8 heteroatoms. The van der Waals surface area contributed by atoms with Gasteiger partial charge in [0.05, 0.1) is 21.4 Å². The maximum absolute atomic E-state index is 13.1. The van der Waals surface area contributed by atoms with Crippen molar-refractivity contribution in [3.05, 3.63) is 51.0 Å². The summed E-state index contributed by atoms with van der Waals surface area (Å²) >= 11 is 9.14. The Labute approximate surface area is 162 Å². The lowest BCUT2D eigenvalue weighted by atomic mass is 10.1. The highest BCUT2D eigenvalue weighted by molar-refractivity contribution is 9.10. The molecule has 0 radical (unpaired) electrons. The van der Waals surface area contributed by atoms with Crippen LogP contribution in [0.3, 0.4) is 0 Å². The first kappa shape index (κ1) is 19.0. The van der Waals surface area contributed by atoms with Crippen molar-refractivity contribution in [3.63, 3.8) is 0 Å². The summed E-state index contributed by atoms with van der Waals surface area (Å²) < 4.78 is 39.6. The van der Waals surface area contributed by atoms with Crippen molar-refractivity contribution >= 4 is 45.1 Å². The fourth-order valence-corrected chi connectivity index (χ4v) is 3.69. The van der Waals surface area contributed by atoms with Crippen LogP contribution in [0.25, 0.3) is 0 Å². The minimum Gasteiger partial charge on any atom is -0.506 e. The number of aliphatic imine (C=N–C) groups is 1. The summed E-state index contributed by atoms with van der Waals surface area (Å²) in [6, 6.07) is 6.57. The van der Waals surface area contributed by atoms with Gasteiger partial charge in [0.15, 0.2) is 0 Å². The lowest BCUT2D eigenvalue weighted by Crippen LogP contribution is -2.18. The maximum Gasteiger partial charge on any atom is 0.416 e. The second-order valence-corrected chi connectivity index (χ2v) is 7.27.